The van der Waals surface area contributed by atoms with Gasteiger partial charge in [0.05, 0.1) is 0 Å². The molecule has 0 amide bonds. The quantitative estimate of drug-likeness (QED) is 0.122. The molecule has 0 saturated heterocycles. The summed E-state index contributed by atoms with van der Waals surface area (Å²) in [5, 5.41) is -7.33. The Bertz CT molecular complexity index is 1920. The van der Waals surface area contributed by atoms with Gasteiger partial charge in [-0.3, -0.25) is 0 Å². The summed E-state index contributed by atoms with van der Waals surface area (Å²) >= 11 is -4.83. The van der Waals surface area contributed by atoms with Crippen molar-refractivity contribution in [3.8, 4) is 0 Å². The Balaban J connectivity index is 1.89. The van der Waals surface area contributed by atoms with E-state index >= 15 is 8.78 Å². The molecule has 4 aromatic carbocycles. The Labute approximate surface area is 276 Å². The van der Waals surface area contributed by atoms with E-state index < -0.39 is 77.3 Å². The van der Waals surface area contributed by atoms with E-state index in [0.29, 0.717) is 0 Å². The summed E-state index contributed by atoms with van der Waals surface area (Å²) in [4.78, 5) is 0. The molecule has 0 heterocycles. The third-order valence-corrected chi connectivity index (χ3v) is 14.7. The highest BCUT2D eigenvalue weighted by Crippen LogP contribution is 2.64. The average molecular weight is 880 g/mol. The number of fused-ring (bicyclic) bond motifs is 2. The number of alkyl halides is 17. The fraction of sp³-hybridized carbons (Fsp3) is 0.286. The van der Waals surface area contributed by atoms with Crippen LogP contribution in [0.5, 0.6) is 0 Å². The van der Waals surface area contributed by atoms with E-state index in [1.54, 1.807) is 0 Å². The second kappa shape index (κ2) is 12.2. The van der Waals surface area contributed by atoms with E-state index in [1.807, 2.05) is 0 Å². The van der Waals surface area contributed by atoms with Crippen molar-refractivity contribution < 1.29 is 106 Å². The lowest BCUT2D eigenvalue weighted by Gasteiger charge is -2.42. The lowest BCUT2D eigenvalue weighted by molar-refractivity contribution is -1.03. The van der Waals surface area contributed by atoms with E-state index in [2.05, 4.69) is 2.51 Å². The van der Waals surface area contributed by atoms with Gasteiger partial charge >= 0.3 is 77.3 Å². The topological polar surface area (TPSA) is 43.4 Å². The molecule has 0 atom stereocenters. The lowest BCUT2D eigenvalue weighted by atomic mass is 9.91. The largest absolute Gasteiger partial charge is 0.460 e. The molecule has 0 N–H and O–H groups in total. The zero-order valence-electron chi connectivity index (χ0n) is 23.5. The molecule has 0 unspecified atom stereocenters. The van der Waals surface area contributed by atoms with Crippen molar-refractivity contribution in [1.82, 2.24) is 0 Å². The predicted molar refractivity (Wildman–Crippen MR) is 136 cm³/mol. The fourth-order valence-electron chi connectivity index (χ4n) is 4.28. The van der Waals surface area contributed by atoms with Crippen molar-refractivity contribution in [2.45, 2.75) is 47.0 Å². The van der Waals surface area contributed by atoms with Crippen LogP contribution in [0.2, 0.25) is 0 Å². The van der Waals surface area contributed by atoms with Gasteiger partial charge in [0.25, 0.3) is 0 Å². The molecule has 22 heteroatoms. The highest BCUT2D eigenvalue weighted by atomic mass is 127. The first-order valence-electron chi connectivity index (χ1n) is 12.8. The monoisotopic (exact) mass is 880 g/mol. The summed E-state index contributed by atoms with van der Waals surface area (Å²) < 4.78 is 265. The third-order valence-electron chi connectivity index (χ3n) is 7.00. The lowest BCUT2D eigenvalue weighted by Crippen LogP contribution is -3.85. The molecular weight excluding hydrogens is 866 g/mol. The van der Waals surface area contributed by atoms with Crippen LogP contribution in [-0.2, 0) is 12.6 Å². The fourth-order valence-corrected chi connectivity index (χ4v) is 12.1. The van der Waals surface area contributed by atoms with Gasteiger partial charge in [-0.2, -0.15) is 83.1 Å². The van der Waals surface area contributed by atoms with Crippen LogP contribution in [0.1, 0.15) is 0 Å². The maximum atomic E-state index is 15.1. The van der Waals surface area contributed by atoms with Gasteiger partial charge in [-0.25, -0.2) is 0 Å². The molecule has 0 saturated carbocycles. The zero-order chi connectivity index (χ0) is 38.1. The molecule has 0 fully saturated rings. The summed E-state index contributed by atoms with van der Waals surface area (Å²) in [6.45, 7) is 0. The molecule has 3 nitrogen and oxygen atoms in total. The maximum Gasteiger partial charge on any atom is 0.460 e. The molecule has 1 radical (unpaired) electrons. The van der Waals surface area contributed by atoms with E-state index in [-0.39, 0.29) is 28.7 Å². The SMILES string of the molecule is O=S(=O)(O[I+](c1cccc2ccccc12)c1cccc2ccccc12)C(F)(F)C(F)(F)C(F)(F)C(F)(F)C(F)(F)C(F)(F)C(F)(F)C(F)(F)F. The van der Waals surface area contributed by atoms with Gasteiger partial charge < -0.3 is 0 Å². The minimum absolute atomic E-state index is 0.00254. The van der Waals surface area contributed by atoms with E-state index in [9.17, 15) is 74.3 Å². The van der Waals surface area contributed by atoms with Crippen LogP contribution in [-0.4, -0.2) is 55.4 Å². The van der Waals surface area contributed by atoms with Crippen molar-refractivity contribution >= 4 is 31.7 Å². The number of hydrogen-bond acceptors (Lipinski definition) is 3. The normalized spacial score (nSPS) is 14.9. The summed E-state index contributed by atoms with van der Waals surface area (Å²) in [7, 11) is -7.81. The summed E-state index contributed by atoms with van der Waals surface area (Å²) in [5.74, 6) is -52.2. The average Bonchev–Trinajstić information content (AvgIpc) is 3.02. The summed E-state index contributed by atoms with van der Waals surface area (Å²) in [5.41, 5.74) is 0. The van der Waals surface area contributed by atoms with Crippen LogP contribution in [0, 0.1) is 7.14 Å². The van der Waals surface area contributed by atoms with E-state index in [1.165, 1.54) is 72.8 Å². The number of rotatable bonds is 11. The second-order valence-electron chi connectivity index (χ2n) is 10.1. The van der Waals surface area contributed by atoms with Crippen molar-refractivity contribution in [2.75, 3.05) is 0 Å². The maximum absolute atomic E-state index is 15.1. The van der Waals surface area contributed by atoms with Gasteiger partial charge in [-0.05, 0) is 37.6 Å². The molecular formula is C28H14F17IO3S+. The minimum atomic E-state index is -8.94. The van der Waals surface area contributed by atoms with Gasteiger partial charge in [0.15, 0.2) is 7.14 Å². The van der Waals surface area contributed by atoms with Crippen molar-refractivity contribution in [2.24, 2.45) is 0 Å². The summed E-state index contributed by atoms with van der Waals surface area (Å²) in [6.07, 6.45) is -7.92. The zero-order valence-corrected chi connectivity index (χ0v) is 26.5. The van der Waals surface area contributed by atoms with Crippen LogP contribution in [0.15, 0.2) is 84.9 Å². The first kappa shape index (κ1) is 39.6. The van der Waals surface area contributed by atoms with Gasteiger partial charge in [0.2, 0.25) is 0 Å². The van der Waals surface area contributed by atoms with Gasteiger partial charge in [-0.15, -0.1) is 0 Å². The van der Waals surface area contributed by atoms with Crippen LogP contribution >= 0.6 is 0 Å². The Hall–Kier alpha value is -3.15. The van der Waals surface area contributed by atoms with Crippen LogP contribution in [0.4, 0.5) is 74.6 Å². The number of benzene rings is 4. The number of hydrogen-bond donors (Lipinski definition) is 0. The first-order valence-corrected chi connectivity index (χ1v) is 17.3. The second-order valence-corrected chi connectivity index (χ2v) is 16.5. The first-order chi connectivity index (χ1) is 22.5. The van der Waals surface area contributed by atoms with E-state index in [4.69, 9.17) is 0 Å². The Morgan fingerprint density at radius 2 is 0.740 bits per heavy atom. The Morgan fingerprint density at radius 3 is 1.12 bits per heavy atom. The highest BCUT2D eigenvalue weighted by Gasteiger charge is 2.96. The molecule has 4 rings (SSSR count). The molecule has 0 aliphatic heterocycles. The van der Waals surface area contributed by atoms with Crippen molar-refractivity contribution in [3.63, 3.8) is 0 Å². The van der Waals surface area contributed by atoms with Gasteiger partial charge in [0.1, 0.15) is 0 Å². The molecule has 0 aliphatic carbocycles. The van der Waals surface area contributed by atoms with Crippen LogP contribution in [0.25, 0.3) is 21.5 Å². The Morgan fingerprint density at radius 1 is 0.420 bits per heavy atom. The molecule has 0 aliphatic rings. The van der Waals surface area contributed by atoms with Crippen LogP contribution in [0.3, 0.4) is 0 Å². The van der Waals surface area contributed by atoms with E-state index in [0.717, 1.165) is 12.1 Å². The van der Waals surface area contributed by atoms with Crippen molar-refractivity contribution in [1.29, 1.82) is 0 Å². The standard InChI is InChI=1S/C28H14F17IO3S/c29-21(30,23(33,34)25(37,38)27(41,42)43)22(31,32)24(35,36)26(39,40)28(44,45)50(47,48)49-46(19-13-5-9-15-7-1-3-11-17(15)19)20-14-6-10-16-8-2-4-12-18(16)20/h1-14H/q+1. The molecule has 0 aromatic heterocycles. The summed E-state index contributed by atoms with van der Waals surface area (Å²) in [6, 6.07) is 18.0. The van der Waals surface area contributed by atoms with Crippen LogP contribution < -0.4 is 20.2 Å². The molecule has 0 spiro atoms. The molecule has 0 bridgehead atoms. The highest BCUT2D eigenvalue weighted by molar-refractivity contribution is 7.87. The molecule has 4 aromatic rings. The molecule has 275 valence electrons. The Kier molecular flexibility index (Phi) is 9.69. The predicted octanol–water partition coefficient (Wildman–Crippen LogP) is 6.89. The minimum Gasteiger partial charge on any atom is -0.192 e. The molecule has 50 heavy (non-hydrogen) atoms. The smallest absolute Gasteiger partial charge is 0.192 e. The van der Waals surface area contributed by atoms with Crippen molar-refractivity contribution in [3.05, 3.63) is 92.1 Å². The van der Waals surface area contributed by atoms with Gasteiger partial charge in [0, 0.05) is 10.8 Å². The number of halogens is 18. The third kappa shape index (κ3) is 5.62. The van der Waals surface area contributed by atoms with Gasteiger partial charge in [-0.1, -0.05) is 60.7 Å².